The van der Waals surface area contributed by atoms with Gasteiger partial charge in [-0.15, -0.1) is 0 Å². The molecule has 116 valence electrons. The zero-order valence-electron chi connectivity index (χ0n) is 12.3. The molecule has 1 saturated heterocycles. The van der Waals surface area contributed by atoms with Crippen LogP contribution in [0.5, 0.6) is 5.75 Å². The Morgan fingerprint density at radius 3 is 2.90 bits per heavy atom. The Bertz CT molecular complexity index is 516. The molecule has 0 aromatic heterocycles. The summed E-state index contributed by atoms with van der Waals surface area (Å²) in [5.41, 5.74) is -0.286. The van der Waals surface area contributed by atoms with Crippen molar-refractivity contribution in [2.45, 2.75) is 32.6 Å². The zero-order chi connectivity index (χ0) is 15.5. The number of halogens is 1. The number of carbonyl (C=O) groups is 1. The van der Waals surface area contributed by atoms with Gasteiger partial charge in [-0.25, -0.2) is 4.39 Å². The second-order valence-electron chi connectivity index (χ2n) is 5.90. The summed E-state index contributed by atoms with van der Waals surface area (Å²) in [7, 11) is 0. The Kier molecular flexibility index (Phi) is 4.83. The first-order chi connectivity index (χ1) is 10.0. The predicted molar refractivity (Wildman–Crippen MR) is 77.6 cm³/mol. The Morgan fingerprint density at radius 1 is 1.48 bits per heavy atom. The van der Waals surface area contributed by atoms with Crippen molar-refractivity contribution in [2.24, 2.45) is 5.41 Å². The minimum Gasteiger partial charge on any atom is -0.507 e. The molecular formula is C16H22FNO3. The topological polar surface area (TPSA) is 60.8 Å². The number of benzene rings is 1. The van der Waals surface area contributed by atoms with Crippen molar-refractivity contribution < 1.29 is 19.4 Å². The molecule has 2 rings (SSSR count). The quantitative estimate of drug-likeness (QED) is 0.897. The third-order valence-corrected chi connectivity index (χ3v) is 4.25. The summed E-state index contributed by atoms with van der Waals surface area (Å²) in [4.78, 5) is 14.1. The molecule has 1 aliphatic heterocycles. The van der Waals surface area contributed by atoms with Crippen molar-refractivity contribution in [3.05, 3.63) is 29.6 Å². The smallest absolute Gasteiger partial charge is 0.257 e. The second kappa shape index (κ2) is 6.43. The van der Waals surface area contributed by atoms with Crippen molar-refractivity contribution >= 4 is 5.91 Å². The summed E-state index contributed by atoms with van der Waals surface area (Å²) in [6.45, 7) is 3.11. The number of amides is 1. The highest BCUT2D eigenvalue weighted by molar-refractivity contribution is 5.96. The second-order valence-corrected chi connectivity index (χ2v) is 5.90. The van der Waals surface area contributed by atoms with Crippen LogP contribution in [0.25, 0.3) is 0 Å². The van der Waals surface area contributed by atoms with Gasteiger partial charge in [0, 0.05) is 18.5 Å². The van der Waals surface area contributed by atoms with Gasteiger partial charge >= 0.3 is 0 Å². The summed E-state index contributed by atoms with van der Waals surface area (Å²) in [6, 6.07) is 3.38. The van der Waals surface area contributed by atoms with Crippen LogP contribution < -0.4 is 0 Å². The summed E-state index contributed by atoms with van der Waals surface area (Å²) >= 11 is 0. The van der Waals surface area contributed by atoms with Gasteiger partial charge < -0.3 is 15.1 Å². The molecule has 1 atom stereocenters. The number of piperidine rings is 1. The first kappa shape index (κ1) is 15.8. The molecule has 0 aliphatic carbocycles. The first-order valence-corrected chi connectivity index (χ1v) is 7.40. The van der Waals surface area contributed by atoms with Crippen LogP contribution in [0.4, 0.5) is 4.39 Å². The van der Waals surface area contributed by atoms with Gasteiger partial charge in [0.2, 0.25) is 0 Å². The molecule has 0 spiro atoms. The van der Waals surface area contributed by atoms with Crippen LogP contribution in [-0.2, 0) is 0 Å². The molecule has 0 radical (unpaired) electrons. The average Bonchev–Trinajstić information content (AvgIpc) is 2.49. The Morgan fingerprint density at radius 2 is 2.24 bits per heavy atom. The molecule has 1 amide bonds. The minimum absolute atomic E-state index is 0.0137. The number of rotatable bonds is 4. The molecule has 1 heterocycles. The fourth-order valence-corrected chi connectivity index (χ4v) is 3.17. The van der Waals surface area contributed by atoms with Gasteiger partial charge in [0.15, 0.2) is 0 Å². The number of phenolic OH excluding ortho intramolecular Hbond substituents is 1. The van der Waals surface area contributed by atoms with Crippen LogP contribution in [0.3, 0.4) is 0 Å². The number of aromatic hydroxyl groups is 1. The predicted octanol–water partition coefficient (Wildman–Crippen LogP) is 2.55. The van der Waals surface area contributed by atoms with Crippen molar-refractivity contribution in [1.29, 1.82) is 0 Å². The zero-order valence-corrected chi connectivity index (χ0v) is 12.3. The standard InChI is InChI=1S/C16H22FNO3/c1-2-6-16(11-19)7-3-8-18(10-16)15(21)13-9-12(17)4-5-14(13)20/h4-5,9,19-20H,2-3,6-8,10-11H2,1H3/t16-/m0/s1. The molecule has 4 nitrogen and oxygen atoms in total. The molecule has 1 aliphatic rings. The fourth-order valence-electron chi connectivity index (χ4n) is 3.17. The number of nitrogens with zero attached hydrogens (tertiary/aromatic N) is 1. The van der Waals surface area contributed by atoms with Crippen molar-refractivity contribution in [3.8, 4) is 5.75 Å². The highest BCUT2D eigenvalue weighted by atomic mass is 19.1. The third kappa shape index (κ3) is 3.35. The maximum absolute atomic E-state index is 13.3. The van der Waals surface area contributed by atoms with Crippen LogP contribution in [0.2, 0.25) is 0 Å². The highest BCUT2D eigenvalue weighted by Gasteiger charge is 2.36. The lowest BCUT2D eigenvalue weighted by molar-refractivity contribution is 0.0220. The van der Waals surface area contributed by atoms with E-state index in [9.17, 15) is 19.4 Å². The van der Waals surface area contributed by atoms with Crippen LogP contribution in [0.1, 0.15) is 43.0 Å². The first-order valence-electron chi connectivity index (χ1n) is 7.40. The number of aliphatic hydroxyl groups excluding tert-OH is 1. The number of hydrogen-bond donors (Lipinski definition) is 2. The molecule has 1 aromatic rings. The molecule has 0 saturated carbocycles. The van der Waals surface area contributed by atoms with E-state index >= 15 is 0 Å². The highest BCUT2D eigenvalue weighted by Crippen LogP contribution is 2.35. The lowest BCUT2D eigenvalue weighted by Gasteiger charge is -2.42. The van der Waals surface area contributed by atoms with Gasteiger partial charge in [-0.1, -0.05) is 13.3 Å². The molecule has 0 bridgehead atoms. The number of likely N-dealkylation sites (tertiary alicyclic amines) is 1. The van der Waals surface area contributed by atoms with E-state index in [-0.39, 0.29) is 29.2 Å². The summed E-state index contributed by atoms with van der Waals surface area (Å²) in [5.74, 6) is -1.13. The minimum atomic E-state index is -0.546. The fraction of sp³-hybridized carbons (Fsp3) is 0.562. The maximum Gasteiger partial charge on any atom is 0.257 e. The largest absolute Gasteiger partial charge is 0.507 e. The van der Waals surface area contributed by atoms with Crippen molar-refractivity contribution in [2.75, 3.05) is 19.7 Å². The number of carbonyl (C=O) groups excluding carboxylic acids is 1. The van der Waals surface area contributed by atoms with Gasteiger partial charge in [0.25, 0.3) is 5.91 Å². The van der Waals surface area contributed by atoms with Gasteiger partial charge in [-0.3, -0.25) is 4.79 Å². The van der Waals surface area contributed by atoms with E-state index < -0.39 is 5.82 Å². The summed E-state index contributed by atoms with van der Waals surface area (Å²) < 4.78 is 13.3. The third-order valence-electron chi connectivity index (χ3n) is 4.25. The molecular weight excluding hydrogens is 273 g/mol. The normalized spacial score (nSPS) is 22.3. The van der Waals surface area contributed by atoms with Gasteiger partial charge in [-0.2, -0.15) is 0 Å². The number of aliphatic hydroxyl groups is 1. The molecule has 5 heteroatoms. The van der Waals surface area contributed by atoms with Crippen LogP contribution >= 0.6 is 0 Å². The Balaban J connectivity index is 2.21. The Hall–Kier alpha value is -1.62. The average molecular weight is 295 g/mol. The van der Waals surface area contributed by atoms with E-state index in [2.05, 4.69) is 6.92 Å². The van der Waals surface area contributed by atoms with Gasteiger partial charge in [0.05, 0.1) is 12.2 Å². The van der Waals surface area contributed by atoms with E-state index in [4.69, 9.17) is 0 Å². The molecule has 1 aromatic carbocycles. The van der Waals surface area contributed by atoms with E-state index in [1.807, 2.05) is 0 Å². The van der Waals surface area contributed by atoms with E-state index in [1.165, 1.54) is 6.07 Å². The SMILES string of the molecule is CCC[C@]1(CO)CCCN(C(=O)c2cc(F)ccc2O)C1. The monoisotopic (exact) mass is 295 g/mol. The Labute approximate surface area is 124 Å². The van der Waals surface area contributed by atoms with Crippen LogP contribution in [0.15, 0.2) is 18.2 Å². The van der Waals surface area contributed by atoms with Crippen LogP contribution in [0, 0.1) is 11.2 Å². The summed E-state index contributed by atoms with van der Waals surface area (Å²) in [6.07, 6.45) is 3.48. The molecule has 2 N–H and O–H groups in total. The van der Waals surface area contributed by atoms with E-state index in [0.717, 1.165) is 37.8 Å². The van der Waals surface area contributed by atoms with Gasteiger partial charge in [-0.05, 0) is 37.5 Å². The lowest BCUT2D eigenvalue weighted by Crippen LogP contribution is -2.47. The molecule has 21 heavy (non-hydrogen) atoms. The van der Waals surface area contributed by atoms with Crippen molar-refractivity contribution in [3.63, 3.8) is 0 Å². The lowest BCUT2D eigenvalue weighted by atomic mass is 9.77. The van der Waals surface area contributed by atoms with E-state index in [0.29, 0.717) is 13.1 Å². The molecule has 1 fully saturated rings. The van der Waals surface area contributed by atoms with Crippen molar-refractivity contribution in [1.82, 2.24) is 4.90 Å². The molecule has 0 unspecified atom stereocenters. The van der Waals surface area contributed by atoms with Crippen LogP contribution in [-0.4, -0.2) is 40.7 Å². The maximum atomic E-state index is 13.3. The van der Waals surface area contributed by atoms with Gasteiger partial charge in [0.1, 0.15) is 11.6 Å². The van der Waals surface area contributed by atoms with E-state index in [1.54, 1.807) is 4.90 Å². The summed E-state index contributed by atoms with van der Waals surface area (Å²) in [5, 5.41) is 19.5. The number of hydrogen-bond acceptors (Lipinski definition) is 3. The number of phenols is 1.